The van der Waals surface area contributed by atoms with Gasteiger partial charge >= 0.3 is 0 Å². The molecule has 4 rings (SSSR count). The fraction of sp³-hybridized carbons (Fsp3) is 0.500. The Balaban J connectivity index is 1.89. The van der Waals surface area contributed by atoms with Gasteiger partial charge in [-0.05, 0) is 39.2 Å². The van der Waals surface area contributed by atoms with Crippen molar-refractivity contribution in [1.29, 1.82) is 5.26 Å². The van der Waals surface area contributed by atoms with Gasteiger partial charge in [0.15, 0.2) is 0 Å². The van der Waals surface area contributed by atoms with E-state index in [0.29, 0.717) is 37.4 Å². The molecule has 2 aromatic rings. The quantitative estimate of drug-likeness (QED) is 0.591. The van der Waals surface area contributed by atoms with E-state index in [1.165, 1.54) is 0 Å². The lowest BCUT2D eigenvalue weighted by atomic mass is 9.91. The number of aromatic nitrogens is 3. The number of carbonyl (C=O) groups is 2. The molecule has 2 amide bonds. The molecule has 0 radical (unpaired) electrons. The summed E-state index contributed by atoms with van der Waals surface area (Å²) in [4.78, 5) is 38.0. The second kappa shape index (κ2) is 8.47. The second-order valence-corrected chi connectivity index (χ2v) is 8.50. The van der Waals surface area contributed by atoms with Crippen LogP contribution in [0.4, 0.5) is 0 Å². The molecule has 4 heterocycles. The lowest BCUT2D eigenvalue weighted by molar-refractivity contribution is -0.127. The molecular formula is C22H27N7O2. The number of fused-ring (bicyclic) bond motifs is 1. The fourth-order valence-electron chi connectivity index (χ4n) is 4.49. The molecule has 0 atom stereocenters. The van der Waals surface area contributed by atoms with Gasteiger partial charge in [0, 0.05) is 32.4 Å². The van der Waals surface area contributed by atoms with E-state index in [4.69, 9.17) is 0 Å². The first-order valence-corrected chi connectivity index (χ1v) is 10.7. The summed E-state index contributed by atoms with van der Waals surface area (Å²) in [5.74, 6) is -0.332. The Labute approximate surface area is 181 Å². The third kappa shape index (κ3) is 3.91. The summed E-state index contributed by atoms with van der Waals surface area (Å²) in [6.45, 7) is 6.54. The summed E-state index contributed by atoms with van der Waals surface area (Å²) in [7, 11) is 0. The summed E-state index contributed by atoms with van der Waals surface area (Å²) in [5, 5.41) is 13.0. The molecule has 1 N–H and O–H groups in total. The zero-order chi connectivity index (χ0) is 22.0. The molecule has 0 aliphatic carbocycles. The van der Waals surface area contributed by atoms with Crippen LogP contribution in [0.15, 0.2) is 30.4 Å². The number of rotatable bonds is 4. The molecule has 0 spiro atoms. The summed E-state index contributed by atoms with van der Waals surface area (Å²) in [6, 6.07) is 4.03. The van der Waals surface area contributed by atoms with E-state index in [1.807, 2.05) is 29.4 Å². The topological polar surface area (TPSA) is 107 Å². The Morgan fingerprint density at radius 2 is 2.00 bits per heavy atom. The van der Waals surface area contributed by atoms with Crippen molar-refractivity contribution in [2.24, 2.45) is 0 Å². The minimum absolute atomic E-state index is 0.0702. The normalized spacial score (nSPS) is 19.0. The molecule has 2 aliphatic rings. The van der Waals surface area contributed by atoms with Crippen molar-refractivity contribution < 1.29 is 9.59 Å². The maximum Gasteiger partial charge on any atom is 0.266 e. The number of piperazine rings is 1. The highest BCUT2D eigenvalue weighted by Crippen LogP contribution is 2.34. The average molecular weight is 422 g/mol. The molecule has 9 nitrogen and oxygen atoms in total. The first-order valence-electron chi connectivity index (χ1n) is 10.7. The monoisotopic (exact) mass is 421 g/mol. The zero-order valence-electron chi connectivity index (χ0n) is 18.0. The lowest BCUT2D eigenvalue weighted by Gasteiger charge is -2.42. The summed E-state index contributed by atoms with van der Waals surface area (Å²) in [5.41, 5.74) is 1.29. The number of nitriles is 1. The number of likely N-dealkylation sites (tertiary alicyclic amines) is 1. The van der Waals surface area contributed by atoms with Gasteiger partial charge in [-0.1, -0.05) is 0 Å². The van der Waals surface area contributed by atoms with Crippen LogP contribution in [0, 0.1) is 11.3 Å². The van der Waals surface area contributed by atoms with Crippen LogP contribution in [0.1, 0.15) is 33.1 Å². The van der Waals surface area contributed by atoms with E-state index in [1.54, 1.807) is 23.6 Å². The molecule has 31 heavy (non-hydrogen) atoms. The van der Waals surface area contributed by atoms with E-state index in [2.05, 4.69) is 21.4 Å². The Hall–Kier alpha value is -3.25. The smallest absolute Gasteiger partial charge is 0.266 e. The van der Waals surface area contributed by atoms with Crippen molar-refractivity contribution in [3.8, 4) is 6.07 Å². The van der Waals surface area contributed by atoms with Gasteiger partial charge in [-0.25, -0.2) is 4.98 Å². The molecule has 0 unspecified atom stereocenters. The number of imidazole rings is 1. The number of nitrogens with zero attached hydrogens (tertiary/aromatic N) is 6. The third-order valence-corrected chi connectivity index (χ3v) is 6.20. The van der Waals surface area contributed by atoms with E-state index in [9.17, 15) is 14.9 Å². The van der Waals surface area contributed by atoms with Crippen molar-refractivity contribution in [3.63, 3.8) is 0 Å². The number of nitrogens with one attached hydrogen (secondary N) is 1. The fourth-order valence-corrected chi connectivity index (χ4v) is 4.49. The van der Waals surface area contributed by atoms with Crippen molar-refractivity contribution in [2.45, 2.75) is 38.6 Å². The average Bonchev–Trinajstić information content (AvgIpc) is 3.21. The van der Waals surface area contributed by atoms with Gasteiger partial charge in [0.05, 0.1) is 29.5 Å². The van der Waals surface area contributed by atoms with Crippen LogP contribution in [-0.2, 0) is 9.59 Å². The number of amides is 2. The van der Waals surface area contributed by atoms with Crippen LogP contribution in [0.2, 0.25) is 0 Å². The van der Waals surface area contributed by atoms with Gasteiger partial charge < -0.3 is 10.2 Å². The summed E-state index contributed by atoms with van der Waals surface area (Å²) in [6.07, 6.45) is 7.93. The first kappa shape index (κ1) is 21.0. The number of hydrogen-bond acceptors (Lipinski definition) is 6. The molecule has 162 valence electrons. The molecule has 0 bridgehead atoms. The molecule has 9 heteroatoms. The maximum absolute atomic E-state index is 13.5. The second-order valence-electron chi connectivity index (χ2n) is 8.50. The number of pyridine rings is 1. The number of carbonyl (C=O) groups excluding carboxylic acids is 2. The highest BCUT2D eigenvalue weighted by atomic mass is 16.2. The molecule has 2 aromatic heterocycles. The van der Waals surface area contributed by atoms with Gasteiger partial charge in [0.25, 0.3) is 5.91 Å². The predicted molar refractivity (Wildman–Crippen MR) is 115 cm³/mol. The Morgan fingerprint density at radius 1 is 1.23 bits per heavy atom. The van der Waals surface area contributed by atoms with Crippen LogP contribution in [0.3, 0.4) is 0 Å². The highest BCUT2D eigenvalue weighted by Gasteiger charge is 2.39. The molecular weight excluding hydrogens is 394 g/mol. The van der Waals surface area contributed by atoms with Crippen LogP contribution < -0.4 is 5.32 Å². The largest absolute Gasteiger partial charge is 0.354 e. The van der Waals surface area contributed by atoms with E-state index < -0.39 is 5.54 Å². The van der Waals surface area contributed by atoms with E-state index in [-0.39, 0.29) is 23.9 Å². The summed E-state index contributed by atoms with van der Waals surface area (Å²) < 4.78 is 1.81. The first-order chi connectivity index (χ1) is 14.9. The van der Waals surface area contributed by atoms with Crippen molar-refractivity contribution in [1.82, 2.24) is 29.7 Å². The SMILES string of the molecule is CC(C)(C(=C(C#N)C(=O)N1CCCCC1)n1cnc2cnccc21)N1CCNC(=O)C1. The van der Waals surface area contributed by atoms with Gasteiger partial charge in [0.1, 0.15) is 23.5 Å². The van der Waals surface area contributed by atoms with E-state index >= 15 is 0 Å². The molecule has 0 aromatic carbocycles. The number of piperidine rings is 1. The Bertz CT molecular complexity index is 1070. The molecule has 0 saturated carbocycles. The maximum atomic E-state index is 13.5. The third-order valence-electron chi connectivity index (χ3n) is 6.20. The van der Waals surface area contributed by atoms with Crippen LogP contribution in [-0.4, -0.2) is 74.4 Å². The van der Waals surface area contributed by atoms with Gasteiger partial charge in [-0.2, -0.15) is 5.26 Å². The van der Waals surface area contributed by atoms with Crippen LogP contribution in [0.5, 0.6) is 0 Å². The van der Waals surface area contributed by atoms with Crippen LogP contribution in [0.25, 0.3) is 16.7 Å². The van der Waals surface area contributed by atoms with Crippen molar-refractivity contribution >= 4 is 28.5 Å². The minimum atomic E-state index is -0.773. The van der Waals surface area contributed by atoms with Crippen molar-refractivity contribution in [3.05, 3.63) is 30.4 Å². The predicted octanol–water partition coefficient (Wildman–Crippen LogP) is 1.39. The van der Waals surface area contributed by atoms with Gasteiger partial charge in [0.2, 0.25) is 5.91 Å². The number of hydrogen-bond donors (Lipinski definition) is 1. The van der Waals surface area contributed by atoms with Gasteiger partial charge in [-0.15, -0.1) is 0 Å². The molecule has 2 saturated heterocycles. The highest BCUT2D eigenvalue weighted by molar-refractivity contribution is 6.04. The standard InChI is InChI=1S/C22H27N7O2/c1-22(2,28-11-8-25-19(30)14-28)20(29-15-26-17-13-24-7-6-18(17)29)16(12-23)21(31)27-9-4-3-5-10-27/h6-7,13,15H,3-5,8-11,14H2,1-2H3,(H,25,30). The van der Waals surface area contributed by atoms with E-state index in [0.717, 1.165) is 24.8 Å². The van der Waals surface area contributed by atoms with Crippen LogP contribution >= 0.6 is 0 Å². The zero-order valence-corrected chi connectivity index (χ0v) is 18.0. The van der Waals surface area contributed by atoms with Crippen molar-refractivity contribution in [2.75, 3.05) is 32.7 Å². The Kier molecular flexibility index (Phi) is 5.74. The lowest BCUT2D eigenvalue weighted by Crippen LogP contribution is -2.57. The Morgan fingerprint density at radius 3 is 2.71 bits per heavy atom. The molecule has 2 fully saturated rings. The van der Waals surface area contributed by atoms with Gasteiger partial charge in [-0.3, -0.25) is 24.0 Å². The molecule has 2 aliphatic heterocycles. The minimum Gasteiger partial charge on any atom is -0.354 e. The summed E-state index contributed by atoms with van der Waals surface area (Å²) >= 11 is 0.